The van der Waals surface area contributed by atoms with Crippen LogP contribution in [0.25, 0.3) is 0 Å². The molecule has 1 aromatic rings. The number of aryl methyl sites for hydroxylation is 1. The smallest absolute Gasteiger partial charge is 0.237 e. The third-order valence-corrected chi connectivity index (χ3v) is 3.59. The Morgan fingerprint density at radius 2 is 2.30 bits per heavy atom. The maximum absolute atomic E-state index is 12.0. The zero-order valence-corrected chi connectivity index (χ0v) is 12.3. The lowest BCUT2D eigenvalue weighted by molar-refractivity contribution is -0.124. The van der Waals surface area contributed by atoms with Gasteiger partial charge in [0.15, 0.2) is 0 Å². The molecule has 4 nitrogen and oxygen atoms in total. The molecule has 1 amide bonds. The summed E-state index contributed by atoms with van der Waals surface area (Å²) in [5.41, 5.74) is 1.17. The molecule has 0 bridgehead atoms. The van der Waals surface area contributed by atoms with Gasteiger partial charge in [0.2, 0.25) is 5.91 Å². The number of piperidine rings is 1. The van der Waals surface area contributed by atoms with E-state index in [2.05, 4.69) is 17.6 Å². The summed E-state index contributed by atoms with van der Waals surface area (Å²) in [6, 6.07) is 8.31. The molecule has 110 valence electrons. The van der Waals surface area contributed by atoms with E-state index in [1.54, 1.807) is 0 Å². The fourth-order valence-electron chi connectivity index (χ4n) is 2.52. The number of carbonyl (C=O) groups excluding carboxylic acids is 1. The van der Waals surface area contributed by atoms with Gasteiger partial charge in [0.25, 0.3) is 0 Å². The van der Waals surface area contributed by atoms with E-state index >= 15 is 0 Å². The molecule has 0 radical (unpaired) electrons. The van der Waals surface area contributed by atoms with Gasteiger partial charge in [-0.25, -0.2) is 0 Å². The van der Waals surface area contributed by atoms with Crippen molar-refractivity contribution in [2.24, 2.45) is 0 Å². The monoisotopic (exact) mass is 276 g/mol. The van der Waals surface area contributed by atoms with E-state index in [-0.39, 0.29) is 11.9 Å². The molecule has 2 N–H and O–H groups in total. The Balaban J connectivity index is 1.66. The Morgan fingerprint density at radius 1 is 1.45 bits per heavy atom. The lowest BCUT2D eigenvalue weighted by Gasteiger charge is -2.27. The standard InChI is InChI=1S/C16H24N2O2/c1-12-5-3-7-14(11-12)20-10-9-17-16(19)15-8-4-6-13(2)18-15/h3,5,7,11,13,15,18H,4,6,8-10H2,1-2H3,(H,17,19). The summed E-state index contributed by atoms with van der Waals surface area (Å²) in [5.74, 6) is 0.938. The molecule has 0 aromatic heterocycles. The van der Waals surface area contributed by atoms with Crippen LogP contribution in [0.3, 0.4) is 0 Å². The topological polar surface area (TPSA) is 50.4 Å². The lowest BCUT2D eigenvalue weighted by atomic mass is 9.99. The van der Waals surface area contributed by atoms with Crippen LogP contribution in [0.5, 0.6) is 5.75 Å². The lowest BCUT2D eigenvalue weighted by Crippen LogP contribution is -2.50. The van der Waals surface area contributed by atoms with Gasteiger partial charge in [0, 0.05) is 6.04 Å². The van der Waals surface area contributed by atoms with Gasteiger partial charge >= 0.3 is 0 Å². The molecule has 2 atom stereocenters. The quantitative estimate of drug-likeness (QED) is 0.809. The number of benzene rings is 1. The first-order valence-corrected chi connectivity index (χ1v) is 7.38. The first-order valence-electron chi connectivity index (χ1n) is 7.38. The van der Waals surface area contributed by atoms with Crippen molar-refractivity contribution in [3.63, 3.8) is 0 Å². The SMILES string of the molecule is Cc1cccc(OCCNC(=O)C2CCCC(C)N2)c1. The van der Waals surface area contributed by atoms with Gasteiger partial charge in [0.1, 0.15) is 12.4 Å². The van der Waals surface area contributed by atoms with E-state index in [1.165, 1.54) is 5.56 Å². The minimum atomic E-state index is -0.0438. The first kappa shape index (κ1) is 14.9. The number of hydrogen-bond acceptors (Lipinski definition) is 3. The van der Waals surface area contributed by atoms with E-state index in [4.69, 9.17) is 4.74 Å². The van der Waals surface area contributed by atoms with Crippen LogP contribution in [0, 0.1) is 6.92 Å². The molecule has 0 spiro atoms. The van der Waals surface area contributed by atoms with E-state index in [0.717, 1.165) is 25.0 Å². The van der Waals surface area contributed by atoms with Gasteiger partial charge < -0.3 is 15.4 Å². The molecule has 1 aliphatic rings. The Labute approximate surface area is 120 Å². The van der Waals surface area contributed by atoms with Crippen molar-refractivity contribution in [1.82, 2.24) is 10.6 Å². The zero-order chi connectivity index (χ0) is 14.4. The van der Waals surface area contributed by atoms with Gasteiger partial charge in [0.05, 0.1) is 12.6 Å². The predicted molar refractivity (Wildman–Crippen MR) is 79.9 cm³/mol. The molecular formula is C16H24N2O2. The number of rotatable bonds is 5. The van der Waals surface area contributed by atoms with Crippen LogP contribution in [0.4, 0.5) is 0 Å². The summed E-state index contributed by atoms with van der Waals surface area (Å²) in [7, 11) is 0. The fraction of sp³-hybridized carbons (Fsp3) is 0.562. The van der Waals surface area contributed by atoms with Crippen molar-refractivity contribution in [2.75, 3.05) is 13.2 Å². The van der Waals surface area contributed by atoms with E-state index in [0.29, 0.717) is 19.2 Å². The first-order chi connectivity index (χ1) is 9.65. The van der Waals surface area contributed by atoms with Crippen molar-refractivity contribution in [1.29, 1.82) is 0 Å². The molecule has 2 rings (SSSR count). The van der Waals surface area contributed by atoms with Crippen molar-refractivity contribution in [2.45, 2.75) is 45.2 Å². The Morgan fingerprint density at radius 3 is 3.05 bits per heavy atom. The average molecular weight is 276 g/mol. The normalized spacial score (nSPS) is 22.3. The van der Waals surface area contributed by atoms with Crippen LogP contribution in [0.1, 0.15) is 31.7 Å². The molecule has 0 saturated carbocycles. The Bertz CT molecular complexity index is 448. The number of hydrogen-bond donors (Lipinski definition) is 2. The second kappa shape index (κ2) is 7.29. The highest BCUT2D eigenvalue weighted by Crippen LogP contribution is 2.13. The van der Waals surface area contributed by atoms with Crippen molar-refractivity contribution < 1.29 is 9.53 Å². The summed E-state index contributed by atoms with van der Waals surface area (Å²) in [4.78, 5) is 12.0. The van der Waals surface area contributed by atoms with Crippen molar-refractivity contribution in [3.8, 4) is 5.75 Å². The highest BCUT2D eigenvalue weighted by atomic mass is 16.5. The fourth-order valence-corrected chi connectivity index (χ4v) is 2.52. The van der Waals surface area contributed by atoms with E-state index in [9.17, 15) is 4.79 Å². The molecular weight excluding hydrogens is 252 g/mol. The third-order valence-electron chi connectivity index (χ3n) is 3.59. The second-order valence-corrected chi connectivity index (χ2v) is 5.51. The molecule has 0 aliphatic carbocycles. The van der Waals surface area contributed by atoms with Crippen molar-refractivity contribution in [3.05, 3.63) is 29.8 Å². The maximum Gasteiger partial charge on any atom is 0.237 e. The average Bonchev–Trinajstić information content (AvgIpc) is 2.43. The summed E-state index contributed by atoms with van der Waals surface area (Å²) in [6.07, 6.45) is 3.20. The zero-order valence-electron chi connectivity index (χ0n) is 12.3. The molecule has 1 fully saturated rings. The summed E-state index contributed by atoms with van der Waals surface area (Å²) < 4.78 is 5.61. The van der Waals surface area contributed by atoms with Crippen LogP contribution in [0.2, 0.25) is 0 Å². The second-order valence-electron chi connectivity index (χ2n) is 5.51. The minimum Gasteiger partial charge on any atom is -0.492 e. The van der Waals surface area contributed by atoms with E-state index < -0.39 is 0 Å². The number of carbonyl (C=O) groups is 1. The van der Waals surface area contributed by atoms with Crippen molar-refractivity contribution >= 4 is 5.91 Å². The van der Waals surface area contributed by atoms with Gasteiger partial charge in [-0.05, 0) is 50.8 Å². The van der Waals surface area contributed by atoms with E-state index in [1.807, 2.05) is 31.2 Å². The van der Waals surface area contributed by atoms with Crippen LogP contribution in [-0.2, 0) is 4.79 Å². The van der Waals surface area contributed by atoms with Gasteiger partial charge in [-0.3, -0.25) is 4.79 Å². The van der Waals surface area contributed by atoms with Crippen LogP contribution < -0.4 is 15.4 Å². The van der Waals surface area contributed by atoms with Gasteiger partial charge in [-0.2, -0.15) is 0 Å². The van der Waals surface area contributed by atoms with Gasteiger partial charge in [-0.1, -0.05) is 12.1 Å². The van der Waals surface area contributed by atoms with Gasteiger partial charge in [-0.15, -0.1) is 0 Å². The molecule has 4 heteroatoms. The molecule has 20 heavy (non-hydrogen) atoms. The number of nitrogens with one attached hydrogen (secondary N) is 2. The Kier molecular flexibility index (Phi) is 5.41. The summed E-state index contributed by atoms with van der Waals surface area (Å²) in [5, 5.41) is 6.26. The van der Waals surface area contributed by atoms with Crippen LogP contribution in [-0.4, -0.2) is 31.1 Å². The minimum absolute atomic E-state index is 0.0438. The Hall–Kier alpha value is -1.55. The van der Waals surface area contributed by atoms with Crippen LogP contribution >= 0.6 is 0 Å². The predicted octanol–water partition coefficient (Wildman–Crippen LogP) is 2.02. The maximum atomic E-state index is 12.0. The number of ether oxygens (including phenoxy) is 1. The summed E-state index contributed by atoms with van der Waals surface area (Å²) >= 11 is 0. The number of amides is 1. The molecule has 1 saturated heterocycles. The molecule has 1 aromatic carbocycles. The largest absolute Gasteiger partial charge is 0.492 e. The highest BCUT2D eigenvalue weighted by Gasteiger charge is 2.23. The molecule has 1 aliphatic heterocycles. The molecule has 2 unspecified atom stereocenters. The highest BCUT2D eigenvalue weighted by molar-refractivity contribution is 5.81. The molecule has 1 heterocycles. The summed E-state index contributed by atoms with van der Waals surface area (Å²) in [6.45, 7) is 5.20. The van der Waals surface area contributed by atoms with Crippen LogP contribution in [0.15, 0.2) is 24.3 Å². The third kappa shape index (κ3) is 4.53.